The van der Waals surface area contributed by atoms with Crippen molar-refractivity contribution in [1.29, 1.82) is 0 Å². The Labute approximate surface area is 286 Å². The van der Waals surface area contributed by atoms with E-state index in [1.54, 1.807) is 0 Å². The highest BCUT2D eigenvalue weighted by Gasteiger charge is 2.30. The molecule has 6 aromatic carbocycles. The highest BCUT2D eigenvalue weighted by Crippen LogP contribution is 2.45. The van der Waals surface area contributed by atoms with E-state index in [1.165, 1.54) is 76.1 Å². The molecule has 0 saturated heterocycles. The number of fused-ring (bicyclic) bond motifs is 10. The second kappa shape index (κ2) is 10.3. The molecular weight excluding hydrogens is 617 g/mol. The molecule has 0 radical (unpaired) electrons. The predicted octanol–water partition coefficient (Wildman–Crippen LogP) is 11.5. The van der Waals surface area contributed by atoms with Crippen LogP contribution in [0.2, 0.25) is 0 Å². The van der Waals surface area contributed by atoms with E-state index in [-0.39, 0.29) is 6.29 Å². The van der Waals surface area contributed by atoms with Crippen molar-refractivity contribution >= 4 is 81.7 Å². The fourth-order valence-corrected chi connectivity index (χ4v) is 9.37. The first-order valence-electron chi connectivity index (χ1n) is 17.0. The summed E-state index contributed by atoms with van der Waals surface area (Å²) < 4.78 is 6.12. The molecule has 0 fully saturated rings. The average molecular weight is 647 g/mol. The number of allylic oxidation sites excluding steroid dienone is 1. The predicted molar refractivity (Wildman–Crippen MR) is 208 cm³/mol. The second-order valence-corrected chi connectivity index (χ2v) is 14.2. The van der Waals surface area contributed by atoms with Gasteiger partial charge in [-0.2, -0.15) is 0 Å². The number of aromatic nitrogens is 2. The Balaban J connectivity index is 1.18. The zero-order valence-corrected chi connectivity index (χ0v) is 27.4. The van der Waals surface area contributed by atoms with Gasteiger partial charge in [0.15, 0.2) is 0 Å². The minimum absolute atomic E-state index is 0.322. The molecule has 1 atom stereocenters. The van der Waals surface area contributed by atoms with Crippen LogP contribution in [0.4, 0.5) is 5.00 Å². The highest BCUT2D eigenvalue weighted by molar-refractivity contribution is 7.23. The minimum Gasteiger partial charge on any atom is -0.338 e. The van der Waals surface area contributed by atoms with Crippen molar-refractivity contribution in [3.63, 3.8) is 0 Å². The molecule has 4 heterocycles. The summed E-state index contributed by atoms with van der Waals surface area (Å²) in [6, 6.07) is 48.6. The standard InChI is InChI=1S/C44H30N4S/c1-2-14-30(15-3-1)47-36-19-9-6-16-31(36)34-25-29(22-23-38(34)47)42-41-33-18-8-11-21-40(33)49-43(41)46-44(45-42)48-37-20-10-7-17-32(37)35-24-27-12-4-5-13-28(27)26-39(35)48/h1-8,10-18,20-26,44,46H,9,19H2. The summed E-state index contributed by atoms with van der Waals surface area (Å²) in [6.45, 7) is 0. The van der Waals surface area contributed by atoms with Crippen LogP contribution in [0.3, 0.4) is 0 Å². The summed E-state index contributed by atoms with van der Waals surface area (Å²) in [4.78, 5) is 5.67. The zero-order chi connectivity index (χ0) is 32.1. The Kier molecular flexibility index (Phi) is 5.69. The Hall–Kier alpha value is -5.91. The lowest BCUT2D eigenvalue weighted by molar-refractivity contribution is 0.627. The Morgan fingerprint density at radius 1 is 0.653 bits per heavy atom. The van der Waals surface area contributed by atoms with Gasteiger partial charge in [0.1, 0.15) is 5.00 Å². The molecule has 5 heteroatoms. The normalized spacial score (nSPS) is 15.6. The first-order chi connectivity index (χ1) is 24.3. The number of benzene rings is 6. The van der Waals surface area contributed by atoms with Crippen LogP contribution in [0.1, 0.15) is 35.1 Å². The fourth-order valence-electron chi connectivity index (χ4n) is 8.25. The minimum atomic E-state index is -0.322. The SMILES string of the molecule is C1=Cc2c(n(-c3ccccc3)c3ccc(C4=NC(n5c6ccccc6c6cc7ccccc7cc65)Nc5sc6ccccc6c54)cc23)CC1. The molecule has 0 saturated carbocycles. The molecule has 1 aliphatic heterocycles. The van der Waals surface area contributed by atoms with Gasteiger partial charge < -0.3 is 14.5 Å². The average Bonchev–Trinajstić information content (AvgIpc) is 3.81. The molecule has 0 spiro atoms. The lowest BCUT2D eigenvalue weighted by Gasteiger charge is -2.26. The monoisotopic (exact) mass is 646 g/mol. The van der Waals surface area contributed by atoms with Crippen molar-refractivity contribution in [2.75, 3.05) is 5.32 Å². The molecule has 3 aromatic heterocycles. The molecule has 9 aromatic rings. The van der Waals surface area contributed by atoms with Crippen LogP contribution in [-0.2, 0) is 6.42 Å². The number of aliphatic imine (C=N–C) groups is 1. The molecule has 1 N–H and O–H groups in total. The van der Waals surface area contributed by atoms with E-state index in [9.17, 15) is 0 Å². The van der Waals surface area contributed by atoms with Gasteiger partial charge in [-0.05, 0) is 72.1 Å². The number of thiophene rings is 1. The molecule has 49 heavy (non-hydrogen) atoms. The van der Waals surface area contributed by atoms with Gasteiger partial charge in [0.2, 0.25) is 6.29 Å². The van der Waals surface area contributed by atoms with Gasteiger partial charge in [0.05, 0.1) is 22.3 Å². The smallest absolute Gasteiger partial charge is 0.202 e. The van der Waals surface area contributed by atoms with E-state index in [0.717, 1.165) is 29.1 Å². The topological polar surface area (TPSA) is 34.2 Å². The van der Waals surface area contributed by atoms with E-state index in [2.05, 4.69) is 160 Å². The summed E-state index contributed by atoms with van der Waals surface area (Å²) in [6.07, 6.45) is 6.40. The fraction of sp³-hybridized carbons (Fsp3) is 0.0682. The molecule has 0 bridgehead atoms. The van der Waals surface area contributed by atoms with Crippen molar-refractivity contribution in [3.05, 3.63) is 162 Å². The summed E-state index contributed by atoms with van der Waals surface area (Å²) >= 11 is 1.82. The van der Waals surface area contributed by atoms with Crippen LogP contribution >= 0.6 is 11.3 Å². The Bertz CT molecular complexity index is 2860. The third kappa shape index (κ3) is 3.94. The third-order valence-corrected chi connectivity index (χ3v) is 11.5. The van der Waals surface area contributed by atoms with E-state index in [0.29, 0.717) is 0 Å². The van der Waals surface area contributed by atoms with Crippen LogP contribution in [0.15, 0.2) is 145 Å². The van der Waals surface area contributed by atoms with Gasteiger partial charge >= 0.3 is 0 Å². The van der Waals surface area contributed by atoms with E-state index >= 15 is 0 Å². The number of nitrogens with zero attached hydrogens (tertiary/aromatic N) is 3. The molecule has 11 rings (SSSR count). The van der Waals surface area contributed by atoms with Crippen LogP contribution in [0.25, 0.3) is 65.3 Å². The molecular formula is C44H30N4S. The molecule has 2 aliphatic rings. The third-order valence-electron chi connectivity index (χ3n) is 10.4. The summed E-state index contributed by atoms with van der Waals surface area (Å²) in [5.74, 6) is 0. The van der Waals surface area contributed by atoms with Crippen molar-refractivity contribution in [3.8, 4) is 5.69 Å². The van der Waals surface area contributed by atoms with Crippen molar-refractivity contribution < 1.29 is 0 Å². The number of para-hydroxylation sites is 2. The van der Waals surface area contributed by atoms with Crippen LogP contribution < -0.4 is 5.32 Å². The van der Waals surface area contributed by atoms with Gasteiger partial charge in [-0.25, -0.2) is 4.99 Å². The number of hydrogen-bond acceptors (Lipinski definition) is 3. The summed E-state index contributed by atoms with van der Waals surface area (Å²) in [5.41, 5.74) is 10.9. The first kappa shape index (κ1) is 27.1. The quantitative estimate of drug-likeness (QED) is 0.204. The largest absolute Gasteiger partial charge is 0.338 e. The molecule has 0 amide bonds. The number of rotatable bonds is 3. The number of anilines is 1. The van der Waals surface area contributed by atoms with Crippen LogP contribution in [0, 0.1) is 0 Å². The Morgan fingerprint density at radius 2 is 1.43 bits per heavy atom. The van der Waals surface area contributed by atoms with Gasteiger partial charge in [-0.15, -0.1) is 11.3 Å². The maximum atomic E-state index is 5.67. The molecule has 4 nitrogen and oxygen atoms in total. The maximum Gasteiger partial charge on any atom is 0.202 e. The maximum absolute atomic E-state index is 5.67. The Morgan fingerprint density at radius 3 is 2.33 bits per heavy atom. The van der Waals surface area contributed by atoms with Crippen molar-refractivity contribution in [2.24, 2.45) is 4.99 Å². The lowest BCUT2D eigenvalue weighted by Crippen LogP contribution is -2.23. The number of hydrogen-bond donors (Lipinski definition) is 1. The van der Waals surface area contributed by atoms with E-state index in [1.807, 2.05) is 11.3 Å². The zero-order valence-electron chi connectivity index (χ0n) is 26.6. The van der Waals surface area contributed by atoms with Crippen LogP contribution in [0.5, 0.6) is 0 Å². The number of nitrogens with one attached hydrogen (secondary N) is 1. The van der Waals surface area contributed by atoms with Gasteiger partial charge in [0, 0.05) is 54.3 Å². The van der Waals surface area contributed by atoms with Crippen molar-refractivity contribution in [2.45, 2.75) is 19.1 Å². The summed E-state index contributed by atoms with van der Waals surface area (Å²) in [7, 11) is 0. The van der Waals surface area contributed by atoms with E-state index < -0.39 is 0 Å². The second-order valence-electron chi connectivity index (χ2n) is 13.1. The van der Waals surface area contributed by atoms with Gasteiger partial charge in [-0.1, -0.05) is 97.1 Å². The molecule has 232 valence electrons. The van der Waals surface area contributed by atoms with Crippen LogP contribution in [-0.4, -0.2) is 14.8 Å². The van der Waals surface area contributed by atoms with E-state index in [4.69, 9.17) is 4.99 Å². The molecule has 1 unspecified atom stereocenters. The highest BCUT2D eigenvalue weighted by atomic mass is 32.1. The lowest BCUT2D eigenvalue weighted by atomic mass is 9.96. The van der Waals surface area contributed by atoms with Crippen molar-refractivity contribution in [1.82, 2.24) is 9.13 Å². The van der Waals surface area contributed by atoms with Gasteiger partial charge in [-0.3, -0.25) is 0 Å². The summed E-state index contributed by atoms with van der Waals surface area (Å²) in [5, 5.41) is 12.6. The van der Waals surface area contributed by atoms with Gasteiger partial charge in [0.25, 0.3) is 0 Å². The molecule has 1 aliphatic carbocycles. The first-order valence-corrected chi connectivity index (χ1v) is 17.8.